The first-order valence-corrected chi connectivity index (χ1v) is 9.27. The molecule has 0 spiro atoms. The molecule has 0 amide bonds. The number of sulfonamides is 1. The Balaban J connectivity index is 2.07. The molecule has 2 rings (SSSR count). The summed E-state index contributed by atoms with van der Waals surface area (Å²) in [6.07, 6.45) is 0.484. The van der Waals surface area contributed by atoms with Crippen LogP contribution < -0.4 is 14.2 Å². The summed E-state index contributed by atoms with van der Waals surface area (Å²) >= 11 is 11.8. The van der Waals surface area contributed by atoms with Crippen LogP contribution in [0.5, 0.6) is 11.5 Å². The molecule has 8 heteroatoms. The first-order valence-electron chi connectivity index (χ1n) is 7.03. The predicted molar refractivity (Wildman–Crippen MR) is 94.9 cm³/mol. The van der Waals surface area contributed by atoms with Crippen LogP contribution in [0.15, 0.2) is 41.3 Å². The Kier molecular flexibility index (Phi) is 6.34. The van der Waals surface area contributed by atoms with Gasteiger partial charge in [-0.25, -0.2) is 13.1 Å². The van der Waals surface area contributed by atoms with E-state index in [1.807, 2.05) is 6.07 Å². The summed E-state index contributed by atoms with van der Waals surface area (Å²) in [6, 6.07) is 9.91. The van der Waals surface area contributed by atoms with Gasteiger partial charge in [-0.05, 0) is 36.2 Å². The van der Waals surface area contributed by atoms with Crippen molar-refractivity contribution < 1.29 is 17.9 Å². The van der Waals surface area contributed by atoms with E-state index >= 15 is 0 Å². The Bertz CT molecular complexity index is 825. The molecule has 0 bridgehead atoms. The number of ether oxygens (including phenoxy) is 2. The molecule has 0 unspecified atom stereocenters. The van der Waals surface area contributed by atoms with Crippen molar-refractivity contribution in [3.63, 3.8) is 0 Å². The summed E-state index contributed by atoms with van der Waals surface area (Å²) in [6.45, 7) is 0.209. The van der Waals surface area contributed by atoms with Gasteiger partial charge in [-0.2, -0.15) is 0 Å². The van der Waals surface area contributed by atoms with Crippen molar-refractivity contribution >= 4 is 33.2 Å². The normalized spacial score (nSPS) is 11.3. The number of halogens is 2. The summed E-state index contributed by atoms with van der Waals surface area (Å²) in [7, 11) is -0.631. The largest absolute Gasteiger partial charge is 0.493 e. The number of rotatable bonds is 7. The molecule has 0 heterocycles. The van der Waals surface area contributed by atoms with Crippen LogP contribution >= 0.6 is 23.2 Å². The second-order valence-electron chi connectivity index (χ2n) is 4.89. The Morgan fingerprint density at radius 1 is 1.04 bits per heavy atom. The van der Waals surface area contributed by atoms with E-state index < -0.39 is 10.0 Å². The minimum absolute atomic E-state index is 0.0118. The number of hydrogen-bond acceptors (Lipinski definition) is 4. The zero-order valence-corrected chi connectivity index (χ0v) is 15.5. The second-order valence-corrected chi connectivity index (χ2v) is 7.41. The maximum absolute atomic E-state index is 12.3. The third kappa shape index (κ3) is 4.33. The van der Waals surface area contributed by atoms with Gasteiger partial charge >= 0.3 is 0 Å². The van der Waals surface area contributed by atoms with Gasteiger partial charge in [0.05, 0.1) is 24.3 Å². The molecule has 0 aliphatic carbocycles. The summed E-state index contributed by atoms with van der Waals surface area (Å²) in [5.74, 6) is 1.21. The maximum Gasteiger partial charge on any atom is 0.242 e. The highest BCUT2D eigenvalue weighted by atomic mass is 35.5. The quantitative estimate of drug-likeness (QED) is 0.786. The lowest BCUT2D eigenvalue weighted by atomic mass is 10.1. The molecule has 0 atom stereocenters. The van der Waals surface area contributed by atoms with Gasteiger partial charge in [-0.1, -0.05) is 35.3 Å². The van der Waals surface area contributed by atoms with E-state index in [1.54, 1.807) is 26.4 Å². The van der Waals surface area contributed by atoms with E-state index in [0.29, 0.717) is 17.9 Å². The van der Waals surface area contributed by atoms with Crippen LogP contribution in [0.4, 0.5) is 0 Å². The minimum atomic E-state index is -3.73. The molecule has 0 saturated heterocycles. The molecule has 1 N–H and O–H groups in total. The fourth-order valence-corrected chi connectivity index (χ4v) is 3.93. The van der Waals surface area contributed by atoms with Gasteiger partial charge < -0.3 is 9.47 Å². The Hall–Kier alpha value is -1.47. The third-order valence-electron chi connectivity index (χ3n) is 3.36. The molecule has 0 aliphatic heterocycles. The standard InChI is InChI=1S/C16H17Cl2NO4S/c1-22-13-7-6-11(10-14(13)23-2)8-9-19-24(20,21)15-5-3-4-12(17)16(15)18/h3-7,10,19H,8-9H2,1-2H3. The van der Waals surface area contributed by atoms with E-state index in [4.69, 9.17) is 32.7 Å². The van der Waals surface area contributed by atoms with Crippen LogP contribution in [-0.2, 0) is 16.4 Å². The highest BCUT2D eigenvalue weighted by Crippen LogP contribution is 2.29. The van der Waals surface area contributed by atoms with Crippen LogP contribution in [0, 0.1) is 0 Å². The minimum Gasteiger partial charge on any atom is -0.493 e. The summed E-state index contributed by atoms with van der Waals surface area (Å²) in [4.78, 5) is -0.0380. The number of hydrogen-bond donors (Lipinski definition) is 1. The van der Waals surface area contributed by atoms with Gasteiger partial charge in [0.1, 0.15) is 4.90 Å². The average Bonchev–Trinajstić information content (AvgIpc) is 2.56. The lowest BCUT2D eigenvalue weighted by molar-refractivity contribution is 0.354. The van der Waals surface area contributed by atoms with Crippen molar-refractivity contribution in [2.24, 2.45) is 0 Å². The van der Waals surface area contributed by atoms with E-state index in [0.717, 1.165) is 5.56 Å². The first kappa shape index (κ1) is 18.9. The van der Waals surface area contributed by atoms with Gasteiger partial charge in [0.15, 0.2) is 11.5 Å². The highest BCUT2D eigenvalue weighted by Gasteiger charge is 2.19. The van der Waals surface area contributed by atoms with E-state index in [1.165, 1.54) is 18.2 Å². The molecule has 0 aromatic heterocycles. The van der Waals surface area contributed by atoms with Crippen molar-refractivity contribution in [1.29, 1.82) is 0 Å². The van der Waals surface area contributed by atoms with Crippen LogP contribution in [0.2, 0.25) is 10.0 Å². The number of methoxy groups -OCH3 is 2. The SMILES string of the molecule is COc1ccc(CCNS(=O)(=O)c2cccc(Cl)c2Cl)cc1OC. The summed E-state index contributed by atoms with van der Waals surface area (Å²) in [5.41, 5.74) is 0.910. The fraction of sp³-hybridized carbons (Fsp3) is 0.250. The highest BCUT2D eigenvalue weighted by molar-refractivity contribution is 7.89. The summed E-state index contributed by atoms with van der Waals surface area (Å²) in [5, 5.41) is 0.206. The third-order valence-corrected chi connectivity index (χ3v) is 5.79. The van der Waals surface area contributed by atoms with Crippen molar-refractivity contribution in [3.05, 3.63) is 52.0 Å². The molecule has 2 aromatic rings. The molecule has 0 radical (unpaired) electrons. The Labute approximate surface area is 151 Å². The molecule has 5 nitrogen and oxygen atoms in total. The lowest BCUT2D eigenvalue weighted by Gasteiger charge is -2.11. The van der Waals surface area contributed by atoms with E-state index in [9.17, 15) is 8.42 Å². The van der Waals surface area contributed by atoms with Crippen molar-refractivity contribution in [2.45, 2.75) is 11.3 Å². The second kappa shape index (κ2) is 8.07. The monoisotopic (exact) mass is 389 g/mol. The van der Waals surface area contributed by atoms with Crippen molar-refractivity contribution in [3.8, 4) is 11.5 Å². The average molecular weight is 390 g/mol. The topological polar surface area (TPSA) is 64.6 Å². The van der Waals surface area contributed by atoms with E-state index in [2.05, 4.69) is 4.72 Å². The molecule has 130 valence electrons. The zero-order chi connectivity index (χ0) is 17.7. The van der Waals surface area contributed by atoms with Crippen LogP contribution in [-0.4, -0.2) is 29.2 Å². The number of nitrogens with one attached hydrogen (secondary N) is 1. The number of benzene rings is 2. The predicted octanol–water partition coefficient (Wildman–Crippen LogP) is 3.53. The Morgan fingerprint density at radius 2 is 1.75 bits per heavy atom. The van der Waals surface area contributed by atoms with Gasteiger partial charge in [0, 0.05) is 6.54 Å². The van der Waals surface area contributed by atoms with Gasteiger partial charge in [0.2, 0.25) is 10.0 Å². The van der Waals surface area contributed by atoms with E-state index in [-0.39, 0.29) is 21.5 Å². The van der Waals surface area contributed by atoms with Crippen LogP contribution in [0.3, 0.4) is 0 Å². The fourth-order valence-electron chi connectivity index (χ4n) is 2.14. The molecule has 0 saturated carbocycles. The molecule has 0 fully saturated rings. The smallest absolute Gasteiger partial charge is 0.242 e. The van der Waals surface area contributed by atoms with Crippen molar-refractivity contribution in [1.82, 2.24) is 4.72 Å². The van der Waals surface area contributed by atoms with Crippen molar-refractivity contribution in [2.75, 3.05) is 20.8 Å². The van der Waals surface area contributed by atoms with Gasteiger partial charge in [-0.3, -0.25) is 0 Å². The molecule has 2 aromatic carbocycles. The van der Waals surface area contributed by atoms with Gasteiger partial charge in [0.25, 0.3) is 0 Å². The molecular weight excluding hydrogens is 373 g/mol. The molecule has 0 aliphatic rings. The lowest BCUT2D eigenvalue weighted by Crippen LogP contribution is -2.26. The zero-order valence-electron chi connectivity index (χ0n) is 13.2. The van der Waals surface area contributed by atoms with Crippen LogP contribution in [0.25, 0.3) is 0 Å². The maximum atomic E-state index is 12.3. The summed E-state index contributed by atoms with van der Waals surface area (Å²) < 4.78 is 37.6. The van der Waals surface area contributed by atoms with Crippen LogP contribution in [0.1, 0.15) is 5.56 Å². The Morgan fingerprint density at radius 3 is 2.42 bits per heavy atom. The first-order chi connectivity index (χ1) is 11.4. The molecule has 24 heavy (non-hydrogen) atoms. The van der Waals surface area contributed by atoms with Gasteiger partial charge in [-0.15, -0.1) is 0 Å². The molecular formula is C16H17Cl2NO4S.